The average Bonchev–Trinajstić information content (AvgIpc) is 3.41. The molecular weight excluding hydrogens is 356 g/mol. The van der Waals surface area contributed by atoms with E-state index in [1.54, 1.807) is 6.20 Å². The monoisotopic (exact) mass is 380 g/mol. The lowest BCUT2D eigenvalue weighted by molar-refractivity contribution is 0.0639. The highest BCUT2D eigenvalue weighted by Crippen LogP contribution is 2.13. The van der Waals surface area contributed by atoms with Crippen LogP contribution in [-0.2, 0) is 13.0 Å². The number of hydrogen-bond acceptors (Lipinski definition) is 4. The number of carbonyl (C=O) groups is 1. The minimum absolute atomic E-state index is 0.138. The highest BCUT2D eigenvalue weighted by molar-refractivity contribution is 7.09. The van der Waals surface area contributed by atoms with Crippen LogP contribution in [0.5, 0.6) is 0 Å². The highest BCUT2D eigenvalue weighted by Gasteiger charge is 2.21. The van der Waals surface area contributed by atoms with E-state index in [2.05, 4.69) is 27.5 Å². The standard InChI is InChI=1S/C21H24N4OS/c26-21(19-6-4-18(5-7-19)17-25-10-2-9-22-25)24-14-12-23(13-15-24)11-8-20-3-1-16-27-20/h1-7,9-10,16H,8,11-15,17H2. The van der Waals surface area contributed by atoms with Crippen molar-refractivity contribution in [3.63, 3.8) is 0 Å². The summed E-state index contributed by atoms with van der Waals surface area (Å²) in [7, 11) is 0. The van der Waals surface area contributed by atoms with Gasteiger partial charge in [-0.05, 0) is 41.6 Å². The van der Waals surface area contributed by atoms with Crippen LogP contribution in [0.25, 0.3) is 0 Å². The smallest absolute Gasteiger partial charge is 0.253 e. The summed E-state index contributed by atoms with van der Waals surface area (Å²) in [4.78, 5) is 18.6. The van der Waals surface area contributed by atoms with Gasteiger partial charge in [0.25, 0.3) is 5.91 Å². The summed E-state index contributed by atoms with van der Waals surface area (Å²) in [6.07, 6.45) is 4.82. The fourth-order valence-corrected chi connectivity index (χ4v) is 4.11. The normalized spacial score (nSPS) is 15.2. The molecule has 0 N–H and O–H groups in total. The van der Waals surface area contributed by atoms with Gasteiger partial charge in [-0.1, -0.05) is 18.2 Å². The Morgan fingerprint density at radius 1 is 1.04 bits per heavy atom. The number of benzene rings is 1. The van der Waals surface area contributed by atoms with Gasteiger partial charge >= 0.3 is 0 Å². The number of piperazine rings is 1. The van der Waals surface area contributed by atoms with Gasteiger partial charge < -0.3 is 4.90 Å². The van der Waals surface area contributed by atoms with Gasteiger partial charge in [-0.3, -0.25) is 14.4 Å². The molecule has 5 nitrogen and oxygen atoms in total. The first-order valence-corrected chi connectivity index (χ1v) is 10.3. The Kier molecular flexibility index (Phi) is 5.65. The van der Waals surface area contributed by atoms with E-state index in [1.807, 2.05) is 57.4 Å². The Hall–Kier alpha value is -2.44. The molecule has 27 heavy (non-hydrogen) atoms. The molecule has 1 fully saturated rings. The number of hydrogen-bond donors (Lipinski definition) is 0. The fraction of sp³-hybridized carbons (Fsp3) is 0.333. The van der Waals surface area contributed by atoms with Crippen molar-refractivity contribution in [3.05, 3.63) is 76.2 Å². The van der Waals surface area contributed by atoms with Gasteiger partial charge in [-0.25, -0.2) is 0 Å². The zero-order chi connectivity index (χ0) is 18.5. The van der Waals surface area contributed by atoms with E-state index in [1.165, 1.54) is 4.88 Å². The summed E-state index contributed by atoms with van der Waals surface area (Å²) in [6, 6.07) is 14.1. The first-order valence-electron chi connectivity index (χ1n) is 9.38. The molecule has 3 heterocycles. The molecule has 1 amide bonds. The van der Waals surface area contributed by atoms with Crippen LogP contribution < -0.4 is 0 Å². The Bertz CT molecular complexity index is 835. The van der Waals surface area contributed by atoms with Crippen LogP contribution in [-0.4, -0.2) is 58.2 Å². The van der Waals surface area contributed by atoms with E-state index in [0.717, 1.165) is 56.8 Å². The molecule has 140 valence electrons. The second-order valence-electron chi connectivity index (χ2n) is 6.86. The van der Waals surface area contributed by atoms with Gasteiger partial charge in [0, 0.05) is 55.6 Å². The van der Waals surface area contributed by atoms with Crippen LogP contribution >= 0.6 is 11.3 Å². The molecule has 1 aliphatic heterocycles. The van der Waals surface area contributed by atoms with Gasteiger partial charge in [0.2, 0.25) is 0 Å². The summed E-state index contributed by atoms with van der Waals surface area (Å²) in [5, 5.41) is 6.35. The summed E-state index contributed by atoms with van der Waals surface area (Å²) < 4.78 is 1.88. The fourth-order valence-electron chi connectivity index (χ4n) is 3.41. The molecule has 0 aliphatic carbocycles. The molecule has 0 saturated carbocycles. The lowest BCUT2D eigenvalue weighted by Gasteiger charge is -2.34. The quantitative estimate of drug-likeness (QED) is 0.660. The molecule has 0 bridgehead atoms. The number of rotatable bonds is 6. The number of aromatic nitrogens is 2. The second kappa shape index (κ2) is 8.50. The van der Waals surface area contributed by atoms with Crippen LogP contribution in [0.1, 0.15) is 20.8 Å². The van der Waals surface area contributed by atoms with Crippen molar-refractivity contribution in [1.82, 2.24) is 19.6 Å². The molecule has 2 aromatic heterocycles. The number of amides is 1. The maximum atomic E-state index is 12.8. The first kappa shape index (κ1) is 17.9. The maximum absolute atomic E-state index is 12.8. The molecule has 0 unspecified atom stereocenters. The average molecular weight is 381 g/mol. The predicted molar refractivity (Wildman–Crippen MR) is 108 cm³/mol. The predicted octanol–water partition coefficient (Wildman–Crippen LogP) is 2.99. The van der Waals surface area contributed by atoms with E-state index in [9.17, 15) is 4.79 Å². The van der Waals surface area contributed by atoms with Crippen molar-refractivity contribution in [2.75, 3.05) is 32.7 Å². The van der Waals surface area contributed by atoms with Crippen molar-refractivity contribution < 1.29 is 4.79 Å². The summed E-state index contributed by atoms with van der Waals surface area (Å²) in [5.74, 6) is 0.138. The van der Waals surface area contributed by atoms with E-state index in [4.69, 9.17) is 0 Å². The van der Waals surface area contributed by atoms with Crippen LogP contribution in [0.3, 0.4) is 0 Å². The number of carbonyl (C=O) groups excluding carboxylic acids is 1. The molecule has 1 saturated heterocycles. The molecule has 0 radical (unpaired) electrons. The first-order chi connectivity index (χ1) is 13.3. The zero-order valence-electron chi connectivity index (χ0n) is 15.3. The molecule has 0 atom stereocenters. The second-order valence-corrected chi connectivity index (χ2v) is 7.90. The van der Waals surface area contributed by atoms with Gasteiger partial charge in [0.15, 0.2) is 0 Å². The van der Waals surface area contributed by atoms with Crippen LogP contribution in [0.2, 0.25) is 0 Å². The van der Waals surface area contributed by atoms with Gasteiger partial charge in [0.1, 0.15) is 0 Å². The van der Waals surface area contributed by atoms with Gasteiger partial charge in [-0.15, -0.1) is 11.3 Å². The largest absolute Gasteiger partial charge is 0.336 e. The third kappa shape index (κ3) is 4.64. The lowest BCUT2D eigenvalue weighted by Crippen LogP contribution is -2.49. The van der Waals surface area contributed by atoms with Crippen molar-refractivity contribution in [2.24, 2.45) is 0 Å². The SMILES string of the molecule is O=C(c1ccc(Cn2cccn2)cc1)N1CCN(CCc2cccs2)CC1. The molecular formula is C21H24N4OS. The van der Waals surface area contributed by atoms with E-state index >= 15 is 0 Å². The lowest BCUT2D eigenvalue weighted by atomic mass is 10.1. The van der Waals surface area contributed by atoms with Crippen molar-refractivity contribution in [1.29, 1.82) is 0 Å². The van der Waals surface area contributed by atoms with Crippen LogP contribution in [0.15, 0.2) is 60.2 Å². The summed E-state index contributed by atoms with van der Waals surface area (Å²) >= 11 is 1.82. The molecule has 0 spiro atoms. The Labute approximate surface area is 163 Å². The molecule has 4 rings (SSSR count). The third-order valence-corrected chi connectivity index (χ3v) is 5.95. The zero-order valence-corrected chi connectivity index (χ0v) is 16.1. The Balaban J connectivity index is 1.27. The molecule has 1 aliphatic rings. The minimum Gasteiger partial charge on any atom is -0.336 e. The van der Waals surface area contributed by atoms with E-state index in [-0.39, 0.29) is 5.91 Å². The topological polar surface area (TPSA) is 41.4 Å². The molecule has 1 aromatic carbocycles. The van der Waals surface area contributed by atoms with Crippen molar-refractivity contribution in [2.45, 2.75) is 13.0 Å². The van der Waals surface area contributed by atoms with Crippen molar-refractivity contribution >= 4 is 17.2 Å². The van der Waals surface area contributed by atoms with Crippen LogP contribution in [0, 0.1) is 0 Å². The van der Waals surface area contributed by atoms with Crippen LogP contribution in [0.4, 0.5) is 0 Å². The number of thiophene rings is 1. The number of nitrogens with zero attached hydrogens (tertiary/aromatic N) is 4. The summed E-state index contributed by atoms with van der Waals surface area (Å²) in [5.41, 5.74) is 1.92. The molecule has 3 aromatic rings. The molecule has 6 heteroatoms. The van der Waals surface area contributed by atoms with Gasteiger partial charge in [-0.2, -0.15) is 5.10 Å². The van der Waals surface area contributed by atoms with Crippen molar-refractivity contribution in [3.8, 4) is 0 Å². The maximum Gasteiger partial charge on any atom is 0.253 e. The minimum atomic E-state index is 0.138. The van der Waals surface area contributed by atoms with E-state index in [0.29, 0.717) is 0 Å². The highest BCUT2D eigenvalue weighted by atomic mass is 32.1. The summed E-state index contributed by atoms with van der Waals surface area (Å²) in [6.45, 7) is 5.31. The Morgan fingerprint density at radius 3 is 2.52 bits per heavy atom. The Morgan fingerprint density at radius 2 is 1.85 bits per heavy atom. The third-order valence-electron chi connectivity index (χ3n) is 5.02. The van der Waals surface area contributed by atoms with E-state index < -0.39 is 0 Å². The van der Waals surface area contributed by atoms with Gasteiger partial charge in [0.05, 0.1) is 6.54 Å².